The van der Waals surface area contributed by atoms with Crippen molar-refractivity contribution >= 4 is 52.2 Å². The molecule has 4 rings (SSSR count). The fourth-order valence-electron chi connectivity index (χ4n) is 4.40. The summed E-state index contributed by atoms with van der Waals surface area (Å²) in [6.07, 6.45) is 3.92. The highest BCUT2D eigenvalue weighted by Crippen LogP contribution is 2.36. The van der Waals surface area contributed by atoms with Gasteiger partial charge < -0.3 is 10.4 Å². The summed E-state index contributed by atoms with van der Waals surface area (Å²) in [4.78, 5) is 29.1. The van der Waals surface area contributed by atoms with Gasteiger partial charge in [0.05, 0.1) is 0 Å². The van der Waals surface area contributed by atoms with E-state index in [1.807, 2.05) is 32.0 Å². The van der Waals surface area contributed by atoms with E-state index in [0.29, 0.717) is 11.3 Å². The van der Waals surface area contributed by atoms with Crippen molar-refractivity contribution in [2.24, 2.45) is 0 Å². The number of anilines is 1. The average Bonchev–Trinajstić information content (AvgIpc) is 3.41. The number of aromatic hydroxyl groups is 1. The summed E-state index contributed by atoms with van der Waals surface area (Å²) < 4.78 is 4.38. The van der Waals surface area contributed by atoms with Crippen molar-refractivity contribution in [3.8, 4) is 5.75 Å². The summed E-state index contributed by atoms with van der Waals surface area (Å²) in [5.41, 5.74) is 2.97. The molecule has 1 fully saturated rings. The number of amides is 2. The van der Waals surface area contributed by atoms with Crippen LogP contribution in [0.15, 0.2) is 42.5 Å². The summed E-state index contributed by atoms with van der Waals surface area (Å²) in [6.45, 7) is 3.86. The van der Waals surface area contributed by atoms with Gasteiger partial charge in [0.1, 0.15) is 21.2 Å². The van der Waals surface area contributed by atoms with Crippen LogP contribution in [0.2, 0.25) is 9.36 Å². The van der Waals surface area contributed by atoms with Crippen molar-refractivity contribution in [2.75, 3.05) is 4.90 Å². The van der Waals surface area contributed by atoms with E-state index in [1.165, 1.54) is 17.0 Å². The Bertz CT molecular complexity index is 1190. The minimum Gasteiger partial charge on any atom is -0.508 e. The minimum absolute atomic E-state index is 0.00623. The highest BCUT2D eigenvalue weighted by atomic mass is 35.5. The Labute approximate surface area is 212 Å². The first kappa shape index (κ1) is 24.5. The summed E-state index contributed by atoms with van der Waals surface area (Å²) in [7, 11) is 0. The normalized spacial score (nSPS) is 14.7. The average molecular weight is 518 g/mol. The van der Waals surface area contributed by atoms with Gasteiger partial charge in [0, 0.05) is 11.7 Å². The van der Waals surface area contributed by atoms with Crippen LogP contribution in [0.1, 0.15) is 58.9 Å². The number of aromatic nitrogens is 1. The van der Waals surface area contributed by atoms with Crippen LogP contribution >= 0.6 is 34.7 Å². The van der Waals surface area contributed by atoms with Gasteiger partial charge in [-0.15, -0.1) is 0 Å². The number of nitrogens with one attached hydrogen (secondary N) is 1. The molecule has 0 bridgehead atoms. The third kappa shape index (κ3) is 5.22. The quantitative estimate of drug-likeness (QED) is 0.406. The molecule has 2 N–H and O–H groups in total. The molecule has 178 valence electrons. The maximum Gasteiger partial charge on any atom is 0.280 e. The Balaban J connectivity index is 1.87. The molecule has 1 aliphatic rings. The number of benzene rings is 2. The molecule has 0 unspecified atom stereocenters. The van der Waals surface area contributed by atoms with Crippen molar-refractivity contribution < 1.29 is 14.7 Å². The Kier molecular flexibility index (Phi) is 7.45. The van der Waals surface area contributed by atoms with Crippen molar-refractivity contribution in [1.29, 1.82) is 0 Å². The Morgan fingerprint density at radius 1 is 1.09 bits per heavy atom. The van der Waals surface area contributed by atoms with Crippen LogP contribution in [-0.4, -0.2) is 27.3 Å². The first-order chi connectivity index (χ1) is 16.2. The second kappa shape index (κ2) is 10.3. The molecule has 9 heteroatoms. The number of nitrogens with zero attached hydrogens (tertiary/aromatic N) is 2. The molecule has 1 aromatic heterocycles. The van der Waals surface area contributed by atoms with E-state index in [0.717, 1.165) is 48.3 Å². The molecule has 1 heterocycles. The minimum atomic E-state index is -1.01. The van der Waals surface area contributed by atoms with Crippen molar-refractivity contribution in [2.45, 2.75) is 51.6 Å². The second-order valence-electron chi connectivity index (χ2n) is 8.62. The van der Waals surface area contributed by atoms with E-state index < -0.39 is 11.9 Å². The van der Waals surface area contributed by atoms with Gasteiger partial charge in [0.25, 0.3) is 5.91 Å². The van der Waals surface area contributed by atoms with Gasteiger partial charge >= 0.3 is 0 Å². The molecule has 0 radical (unpaired) electrons. The largest absolute Gasteiger partial charge is 0.508 e. The monoisotopic (exact) mass is 517 g/mol. The molecule has 0 aliphatic heterocycles. The van der Waals surface area contributed by atoms with Crippen molar-refractivity contribution in [1.82, 2.24) is 9.69 Å². The Hall–Kier alpha value is -2.61. The predicted octanol–water partition coefficient (Wildman–Crippen LogP) is 6.22. The molecule has 1 atom stereocenters. The number of carbonyl (C=O) groups is 2. The van der Waals surface area contributed by atoms with Crippen LogP contribution in [0.5, 0.6) is 5.75 Å². The van der Waals surface area contributed by atoms with Gasteiger partial charge in [-0.3, -0.25) is 14.5 Å². The van der Waals surface area contributed by atoms with E-state index in [4.69, 9.17) is 23.2 Å². The van der Waals surface area contributed by atoms with Crippen LogP contribution in [0.4, 0.5) is 5.69 Å². The lowest BCUT2D eigenvalue weighted by atomic mass is 10.0. The van der Waals surface area contributed by atoms with E-state index >= 15 is 0 Å². The van der Waals surface area contributed by atoms with E-state index in [2.05, 4.69) is 9.69 Å². The first-order valence-corrected chi connectivity index (χ1v) is 12.6. The maximum absolute atomic E-state index is 13.9. The molecule has 0 spiro atoms. The summed E-state index contributed by atoms with van der Waals surface area (Å²) >= 11 is 13.4. The number of rotatable bonds is 6. The number of aryl methyl sites for hydroxylation is 2. The number of halogens is 2. The van der Waals surface area contributed by atoms with Gasteiger partial charge in [-0.05, 0) is 79.2 Å². The molecule has 1 saturated carbocycles. The van der Waals surface area contributed by atoms with E-state index in [9.17, 15) is 14.7 Å². The SMILES string of the molecule is Cc1cc(C)cc(N(C(=O)c2nsc(Cl)c2Cl)[C@@H](C(=O)NC2CCCC2)c2ccc(O)cc2)c1. The zero-order chi connectivity index (χ0) is 24.4. The van der Waals surface area contributed by atoms with E-state index in [-0.39, 0.29) is 32.8 Å². The number of phenols is 1. The zero-order valence-electron chi connectivity index (χ0n) is 18.8. The number of carbonyl (C=O) groups excluding carboxylic acids is 2. The van der Waals surface area contributed by atoms with Crippen LogP contribution in [0, 0.1) is 13.8 Å². The fraction of sp³-hybridized carbons (Fsp3) is 0.320. The number of hydrogen-bond acceptors (Lipinski definition) is 5. The summed E-state index contributed by atoms with van der Waals surface area (Å²) in [5, 5.41) is 13.0. The predicted molar refractivity (Wildman–Crippen MR) is 136 cm³/mol. The summed E-state index contributed by atoms with van der Waals surface area (Å²) in [5.74, 6) is -0.766. The highest BCUT2D eigenvalue weighted by molar-refractivity contribution is 7.11. The molecule has 34 heavy (non-hydrogen) atoms. The third-order valence-electron chi connectivity index (χ3n) is 5.92. The maximum atomic E-state index is 13.9. The van der Waals surface area contributed by atoms with Crippen molar-refractivity contribution in [3.05, 3.63) is 74.2 Å². The Morgan fingerprint density at radius 2 is 1.71 bits per heavy atom. The van der Waals surface area contributed by atoms with Gasteiger partial charge in [0.15, 0.2) is 5.69 Å². The number of hydrogen-bond donors (Lipinski definition) is 2. The van der Waals surface area contributed by atoms with Gasteiger partial charge in [-0.2, -0.15) is 4.37 Å². The molecule has 1 aliphatic carbocycles. The second-order valence-corrected chi connectivity index (χ2v) is 10.4. The lowest BCUT2D eigenvalue weighted by Gasteiger charge is -2.32. The van der Waals surface area contributed by atoms with Crippen LogP contribution in [-0.2, 0) is 4.79 Å². The fourth-order valence-corrected chi connectivity index (χ4v) is 5.39. The number of phenolic OH excluding ortho intramolecular Hbond substituents is 1. The molecule has 3 aromatic rings. The molecule has 2 aromatic carbocycles. The topological polar surface area (TPSA) is 82.5 Å². The summed E-state index contributed by atoms with van der Waals surface area (Å²) in [6, 6.07) is 11.0. The van der Waals surface area contributed by atoms with Crippen LogP contribution < -0.4 is 10.2 Å². The molecule has 0 saturated heterocycles. The van der Waals surface area contributed by atoms with Gasteiger partial charge in [-0.25, -0.2) is 0 Å². The lowest BCUT2D eigenvalue weighted by molar-refractivity contribution is -0.123. The standard InChI is InChI=1S/C25H25Cl2N3O3S/c1-14-11-15(2)13-18(12-14)30(25(33)21-20(26)23(27)34-29-21)22(16-7-9-19(31)10-8-16)24(32)28-17-5-3-4-6-17/h7-13,17,22,31H,3-6H2,1-2H3,(H,28,32)/t22-/m1/s1. The molecular weight excluding hydrogens is 493 g/mol. The lowest BCUT2D eigenvalue weighted by Crippen LogP contribution is -2.46. The first-order valence-electron chi connectivity index (χ1n) is 11.1. The zero-order valence-corrected chi connectivity index (χ0v) is 21.2. The molecule has 6 nitrogen and oxygen atoms in total. The molecular formula is C25H25Cl2N3O3S. The van der Waals surface area contributed by atoms with Crippen LogP contribution in [0.25, 0.3) is 0 Å². The highest BCUT2D eigenvalue weighted by Gasteiger charge is 2.37. The van der Waals surface area contributed by atoms with E-state index in [1.54, 1.807) is 12.1 Å². The smallest absolute Gasteiger partial charge is 0.280 e. The van der Waals surface area contributed by atoms with Crippen LogP contribution in [0.3, 0.4) is 0 Å². The third-order valence-corrected chi connectivity index (χ3v) is 7.53. The molecule has 2 amide bonds. The van der Waals surface area contributed by atoms with Gasteiger partial charge in [0.2, 0.25) is 5.91 Å². The van der Waals surface area contributed by atoms with Crippen molar-refractivity contribution in [3.63, 3.8) is 0 Å². The van der Waals surface area contributed by atoms with Gasteiger partial charge in [-0.1, -0.05) is 54.2 Å². The Morgan fingerprint density at radius 3 is 2.26 bits per heavy atom.